The number of halogens is 4. The van der Waals surface area contributed by atoms with Crippen LogP contribution < -0.4 is 5.32 Å². The van der Waals surface area contributed by atoms with Crippen molar-refractivity contribution < 1.29 is 22.7 Å². The summed E-state index contributed by atoms with van der Waals surface area (Å²) < 4.78 is 52.9. The number of nitrogens with one attached hydrogen (secondary N) is 1. The Morgan fingerprint density at radius 1 is 1.21 bits per heavy atom. The van der Waals surface area contributed by atoms with Gasteiger partial charge in [-0.1, -0.05) is 12.1 Å². The molecular formula is C14H11F4N5O. The summed E-state index contributed by atoms with van der Waals surface area (Å²) in [4.78, 5) is 7.06. The van der Waals surface area contributed by atoms with E-state index in [1.807, 2.05) is 0 Å². The number of alkyl halides is 3. The molecule has 0 bridgehead atoms. The van der Waals surface area contributed by atoms with Crippen molar-refractivity contribution in [1.82, 2.24) is 19.6 Å². The Bertz CT molecular complexity index is 846. The minimum atomic E-state index is -4.66. The van der Waals surface area contributed by atoms with Gasteiger partial charge in [0.25, 0.3) is 5.78 Å². The molecular weight excluding hydrogens is 330 g/mol. The van der Waals surface area contributed by atoms with Gasteiger partial charge in [-0.05, 0) is 17.7 Å². The highest BCUT2D eigenvalue weighted by atomic mass is 19.4. The minimum Gasteiger partial charge on any atom is -0.394 e. The normalized spacial score (nSPS) is 13.2. The van der Waals surface area contributed by atoms with Crippen molar-refractivity contribution >= 4 is 11.6 Å². The van der Waals surface area contributed by atoms with Crippen molar-refractivity contribution in [2.24, 2.45) is 0 Å². The third-order valence-corrected chi connectivity index (χ3v) is 3.32. The summed E-state index contributed by atoms with van der Waals surface area (Å²) in [5.41, 5.74) is -0.640. The quantitative estimate of drug-likeness (QED) is 0.713. The molecule has 2 aromatic heterocycles. The topological polar surface area (TPSA) is 75.3 Å². The van der Waals surface area contributed by atoms with Crippen LogP contribution >= 0.6 is 0 Å². The second kappa shape index (κ2) is 6.04. The van der Waals surface area contributed by atoms with Crippen LogP contribution in [0.5, 0.6) is 0 Å². The van der Waals surface area contributed by atoms with E-state index >= 15 is 0 Å². The molecule has 0 aliphatic rings. The molecule has 6 nitrogen and oxygen atoms in total. The number of nitrogens with zero attached hydrogens (tertiary/aromatic N) is 4. The molecule has 0 saturated carbocycles. The van der Waals surface area contributed by atoms with Crippen molar-refractivity contribution in [3.8, 4) is 0 Å². The SMILES string of the molecule is OCC(Nc1cc(C(F)(F)F)nc2ncnn12)c1ccc(F)cc1. The highest BCUT2D eigenvalue weighted by molar-refractivity contribution is 5.47. The molecule has 0 fully saturated rings. The van der Waals surface area contributed by atoms with E-state index < -0.39 is 30.3 Å². The van der Waals surface area contributed by atoms with Gasteiger partial charge in [-0.3, -0.25) is 0 Å². The average Bonchev–Trinajstić information content (AvgIpc) is 3.01. The van der Waals surface area contributed by atoms with Gasteiger partial charge in [0.15, 0.2) is 5.69 Å². The molecule has 1 aromatic carbocycles. The first-order valence-corrected chi connectivity index (χ1v) is 6.79. The van der Waals surface area contributed by atoms with Gasteiger partial charge < -0.3 is 10.4 Å². The molecule has 10 heteroatoms. The van der Waals surface area contributed by atoms with E-state index in [1.54, 1.807) is 0 Å². The van der Waals surface area contributed by atoms with Crippen LogP contribution in [0.25, 0.3) is 5.78 Å². The van der Waals surface area contributed by atoms with Crippen LogP contribution in [0.1, 0.15) is 17.3 Å². The molecule has 0 aliphatic heterocycles. The zero-order chi connectivity index (χ0) is 17.3. The van der Waals surface area contributed by atoms with Gasteiger partial charge in [-0.25, -0.2) is 9.37 Å². The maximum Gasteiger partial charge on any atom is 0.433 e. The fraction of sp³-hybridized carbons (Fsp3) is 0.214. The molecule has 0 amide bonds. The Morgan fingerprint density at radius 3 is 2.54 bits per heavy atom. The van der Waals surface area contributed by atoms with Crippen LogP contribution in [-0.2, 0) is 6.18 Å². The Morgan fingerprint density at radius 2 is 1.92 bits per heavy atom. The van der Waals surface area contributed by atoms with Gasteiger partial charge >= 0.3 is 6.18 Å². The molecule has 3 rings (SSSR count). The van der Waals surface area contributed by atoms with E-state index in [0.717, 1.165) is 16.9 Å². The Balaban J connectivity index is 2.01. The molecule has 2 heterocycles. The summed E-state index contributed by atoms with van der Waals surface area (Å²) in [6, 6.07) is 5.24. The molecule has 126 valence electrons. The lowest BCUT2D eigenvalue weighted by Gasteiger charge is -2.19. The number of aromatic nitrogens is 4. The number of rotatable bonds is 4. The molecule has 2 N–H and O–H groups in total. The molecule has 3 aromatic rings. The first kappa shape index (κ1) is 16.1. The largest absolute Gasteiger partial charge is 0.433 e. The number of hydrogen-bond donors (Lipinski definition) is 2. The number of hydrogen-bond acceptors (Lipinski definition) is 5. The third kappa shape index (κ3) is 3.13. The molecule has 0 aliphatic carbocycles. The van der Waals surface area contributed by atoms with E-state index in [9.17, 15) is 22.7 Å². The van der Waals surface area contributed by atoms with Crippen LogP contribution in [0.3, 0.4) is 0 Å². The monoisotopic (exact) mass is 341 g/mol. The summed E-state index contributed by atoms with van der Waals surface area (Å²) in [6.45, 7) is -0.425. The summed E-state index contributed by atoms with van der Waals surface area (Å²) in [5.74, 6) is -0.742. The smallest absolute Gasteiger partial charge is 0.394 e. The average molecular weight is 341 g/mol. The standard InChI is InChI=1S/C14H11F4N5O/c15-9-3-1-8(2-4-9)10(6-24)21-12-5-11(14(16,17)18)22-13-19-7-20-23(12)13/h1-5,7,10,21,24H,6H2. The van der Waals surface area contributed by atoms with E-state index in [1.165, 1.54) is 24.3 Å². The Kier molecular flexibility index (Phi) is 4.06. The highest BCUT2D eigenvalue weighted by Gasteiger charge is 2.34. The maximum atomic E-state index is 13.0. The number of aliphatic hydroxyl groups is 1. The van der Waals surface area contributed by atoms with Crippen molar-refractivity contribution in [3.05, 3.63) is 53.7 Å². The van der Waals surface area contributed by atoms with E-state index in [0.29, 0.717) is 5.56 Å². The molecule has 1 unspecified atom stereocenters. The number of aliphatic hydroxyl groups excluding tert-OH is 1. The Hall–Kier alpha value is -2.75. The lowest BCUT2D eigenvalue weighted by molar-refractivity contribution is -0.141. The number of benzene rings is 1. The number of fused-ring (bicyclic) bond motifs is 1. The predicted molar refractivity (Wildman–Crippen MR) is 75.6 cm³/mol. The van der Waals surface area contributed by atoms with Crippen molar-refractivity contribution in [2.45, 2.75) is 12.2 Å². The summed E-state index contributed by atoms with van der Waals surface area (Å²) in [5, 5.41) is 16.1. The van der Waals surface area contributed by atoms with Crippen LogP contribution in [0.15, 0.2) is 36.7 Å². The summed E-state index contributed by atoms with van der Waals surface area (Å²) in [6.07, 6.45) is -3.59. The second-order valence-corrected chi connectivity index (χ2v) is 4.93. The number of anilines is 1. The van der Waals surface area contributed by atoms with Crippen molar-refractivity contribution in [1.29, 1.82) is 0 Å². The second-order valence-electron chi connectivity index (χ2n) is 4.93. The van der Waals surface area contributed by atoms with Gasteiger partial charge in [0, 0.05) is 6.07 Å². The maximum absolute atomic E-state index is 13.0. The first-order chi connectivity index (χ1) is 11.4. The van der Waals surface area contributed by atoms with E-state index in [2.05, 4.69) is 20.4 Å². The van der Waals surface area contributed by atoms with E-state index in [-0.39, 0.29) is 11.6 Å². The molecule has 0 radical (unpaired) electrons. The van der Waals surface area contributed by atoms with Gasteiger partial charge in [0.05, 0.1) is 12.6 Å². The van der Waals surface area contributed by atoms with Gasteiger partial charge in [0.2, 0.25) is 0 Å². The van der Waals surface area contributed by atoms with Crippen LogP contribution in [0, 0.1) is 5.82 Å². The van der Waals surface area contributed by atoms with Crippen molar-refractivity contribution in [3.63, 3.8) is 0 Å². The van der Waals surface area contributed by atoms with E-state index in [4.69, 9.17) is 0 Å². The zero-order valence-corrected chi connectivity index (χ0v) is 12.0. The van der Waals surface area contributed by atoms with Gasteiger partial charge in [-0.2, -0.15) is 27.8 Å². The fourth-order valence-electron chi connectivity index (χ4n) is 2.17. The Labute approximate surface area is 132 Å². The molecule has 0 spiro atoms. The van der Waals surface area contributed by atoms with Crippen LogP contribution in [-0.4, -0.2) is 31.3 Å². The lowest BCUT2D eigenvalue weighted by atomic mass is 10.1. The molecule has 0 saturated heterocycles. The zero-order valence-electron chi connectivity index (χ0n) is 12.0. The van der Waals surface area contributed by atoms with Gasteiger partial charge in [-0.15, -0.1) is 0 Å². The van der Waals surface area contributed by atoms with Crippen LogP contribution in [0.4, 0.5) is 23.4 Å². The fourth-order valence-corrected chi connectivity index (χ4v) is 2.17. The summed E-state index contributed by atoms with van der Waals surface area (Å²) in [7, 11) is 0. The van der Waals surface area contributed by atoms with Crippen LogP contribution in [0.2, 0.25) is 0 Å². The predicted octanol–water partition coefficient (Wildman–Crippen LogP) is 2.43. The third-order valence-electron chi connectivity index (χ3n) is 3.32. The lowest BCUT2D eigenvalue weighted by Crippen LogP contribution is -2.19. The molecule has 1 atom stereocenters. The summed E-state index contributed by atoms with van der Waals surface area (Å²) >= 11 is 0. The minimum absolute atomic E-state index is 0.0480. The van der Waals surface area contributed by atoms with Crippen molar-refractivity contribution in [2.75, 3.05) is 11.9 Å². The molecule has 24 heavy (non-hydrogen) atoms. The highest BCUT2D eigenvalue weighted by Crippen LogP contribution is 2.30. The first-order valence-electron chi connectivity index (χ1n) is 6.79. The van der Waals surface area contributed by atoms with Gasteiger partial charge in [0.1, 0.15) is 18.0 Å².